The minimum absolute atomic E-state index is 0.114. The number of thiazole rings is 1. The lowest BCUT2D eigenvalue weighted by Crippen LogP contribution is -2.23. The molecule has 0 aromatic carbocycles. The van der Waals surface area contributed by atoms with Crippen molar-refractivity contribution in [2.45, 2.75) is 38.6 Å². The van der Waals surface area contributed by atoms with Gasteiger partial charge in [0.2, 0.25) is 0 Å². The van der Waals surface area contributed by atoms with Gasteiger partial charge in [0.05, 0.1) is 5.69 Å². The molecule has 19 heavy (non-hydrogen) atoms. The molecule has 2 aromatic rings. The van der Waals surface area contributed by atoms with Crippen LogP contribution in [0.5, 0.6) is 0 Å². The van der Waals surface area contributed by atoms with Crippen molar-refractivity contribution in [3.8, 4) is 0 Å². The molecular formula is C12H15N5OS. The Kier molecular flexibility index (Phi) is 3.29. The summed E-state index contributed by atoms with van der Waals surface area (Å²) in [5, 5.41) is 7.54. The maximum Gasteiger partial charge on any atom is 0.250 e. The van der Waals surface area contributed by atoms with Crippen molar-refractivity contribution in [3.05, 3.63) is 23.2 Å². The van der Waals surface area contributed by atoms with Crippen LogP contribution in [-0.2, 0) is 17.6 Å². The number of fused-ring (bicyclic) bond motifs is 1. The number of aryl methyl sites for hydroxylation is 2. The van der Waals surface area contributed by atoms with E-state index in [-0.39, 0.29) is 11.9 Å². The van der Waals surface area contributed by atoms with E-state index in [1.165, 1.54) is 35.1 Å². The second-order valence-corrected chi connectivity index (χ2v) is 5.72. The summed E-state index contributed by atoms with van der Waals surface area (Å²) in [6.45, 7) is 1.79. The van der Waals surface area contributed by atoms with Crippen molar-refractivity contribution in [2.24, 2.45) is 0 Å². The molecule has 100 valence electrons. The van der Waals surface area contributed by atoms with Gasteiger partial charge in [-0.15, -0.1) is 11.3 Å². The number of hydrogen-bond acceptors (Lipinski definition) is 5. The molecule has 2 heterocycles. The van der Waals surface area contributed by atoms with Crippen molar-refractivity contribution in [3.63, 3.8) is 0 Å². The van der Waals surface area contributed by atoms with Crippen molar-refractivity contribution in [1.29, 1.82) is 0 Å². The van der Waals surface area contributed by atoms with E-state index in [1.807, 2.05) is 0 Å². The molecule has 0 fully saturated rings. The Morgan fingerprint density at radius 1 is 1.47 bits per heavy atom. The number of carbonyl (C=O) groups is 1. The minimum Gasteiger partial charge on any atom is -0.300 e. The third-order valence-electron chi connectivity index (χ3n) is 3.29. The molecule has 3 rings (SSSR count). The summed E-state index contributed by atoms with van der Waals surface area (Å²) < 4.78 is 1.53. The van der Waals surface area contributed by atoms with E-state index in [9.17, 15) is 4.79 Å². The number of anilines is 1. The van der Waals surface area contributed by atoms with Gasteiger partial charge in [0.1, 0.15) is 18.7 Å². The molecule has 7 heteroatoms. The zero-order valence-electron chi connectivity index (χ0n) is 10.7. The van der Waals surface area contributed by atoms with Crippen LogP contribution in [0.3, 0.4) is 0 Å². The maximum atomic E-state index is 12.1. The van der Waals surface area contributed by atoms with Crippen molar-refractivity contribution >= 4 is 22.4 Å². The fourth-order valence-electron chi connectivity index (χ4n) is 2.15. The van der Waals surface area contributed by atoms with Gasteiger partial charge in [0.15, 0.2) is 5.13 Å². The number of nitrogens with one attached hydrogen (secondary N) is 1. The first-order valence-electron chi connectivity index (χ1n) is 6.37. The molecule has 0 spiro atoms. The minimum atomic E-state index is -0.386. The molecule has 6 nitrogen and oxygen atoms in total. The summed E-state index contributed by atoms with van der Waals surface area (Å²) in [7, 11) is 0. The van der Waals surface area contributed by atoms with E-state index in [2.05, 4.69) is 20.4 Å². The summed E-state index contributed by atoms with van der Waals surface area (Å²) >= 11 is 1.59. The van der Waals surface area contributed by atoms with Crippen molar-refractivity contribution in [2.75, 3.05) is 5.32 Å². The van der Waals surface area contributed by atoms with Gasteiger partial charge >= 0.3 is 0 Å². The SMILES string of the molecule is C[C@H](C(=O)Nc1nc2c(s1)CCCC2)n1cncn1. The fraction of sp³-hybridized carbons (Fsp3) is 0.500. The normalized spacial score (nSPS) is 15.8. The van der Waals surface area contributed by atoms with Crippen LogP contribution in [0.15, 0.2) is 12.7 Å². The standard InChI is InChI=1S/C12H15N5OS/c1-8(17-7-13-6-14-17)11(18)16-12-15-9-4-2-3-5-10(9)19-12/h6-8H,2-5H2,1H3,(H,15,16,18)/t8-/m1/s1. The summed E-state index contributed by atoms with van der Waals surface area (Å²) in [5.74, 6) is -0.114. The average molecular weight is 277 g/mol. The summed E-state index contributed by atoms with van der Waals surface area (Å²) in [4.78, 5) is 21.7. The molecule has 0 saturated heterocycles. The zero-order valence-corrected chi connectivity index (χ0v) is 11.5. The number of hydrogen-bond donors (Lipinski definition) is 1. The van der Waals surface area contributed by atoms with Gasteiger partial charge in [-0.2, -0.15) is 5.10 Å². The van der Waals surface area contributed by atoms with Gasteiger partial charge in [-0.3, -0.25) is 4.79 Å². The molecule has 1 aliphatic carbocycles. The molecule has 0 bridgehead atoms. The predicted molar refractivity (Wildman–Crippen MR) is 72.1 cm³/mol. The van der Waals surface area contributed by atoms with Crippen LogP contribution in [0.4, 0.5) is 5.13 Å². The zero-order chi connectivity index (χ0) is 13.2. The maximum absolute atomic E-state index is 12.1. The Hall–Kier alpha value is -1.76. The van der Waals surface area contributed by atoms with Crippen LogP contribution in [0.2, 0.25) is 0 Å². The van der Waals surface area contributed by atoms with Crippen LogP contribution < -0.4 is 5.32 Å². The third-order valence-corrected chi connectivity index (χ3v) is 4.36. The number of nitrogens with zero attached hydrogens (tertiary/aromatic N) is 4. The monoisotopic (exact) mass is 277 g/mol. The van der Waals surface area contributed by atoms with E-state index < -0.39 is 0 Å². The lowest BCUT2D eigenvalue weighted by molar-refractivity contribution is -0.119. The molecule has 2 aromatic heterocycles. The van der Waals surface area contributed by atoms with Gasteiger partial charge in [0, 0.05) is 4.88 Å². The van der Waals surface area contributed by atoms with Gasteiger partial charge in [-0.25, -0.2) is 14.6 Å². The smallest absolute Gasteiger partial charge is 0.250 e. The predicted octanol–water partition coefficient (Wildman–Crippen LogP) is 1.81. The number of aromatic nitrogens is 4. The van der Waals surface area contributed by atoms with E-state index in [4.69, 9.17) is 0 Å². The highest BCUT2D eigenvalue weighted by Crippen LogP contribution is 2.29. The Morgan fingerprint density at radius 2 is 2.32 bits per heavy atom. The van der Waals surface area contributed by atoms with Gasteiger partial charge in [0.25, 0.3) is 5.91 Å². The first-order valence-corrected chi connectivity index (χ1v) is 7.19. The van der Waals surface area contributed by atoms with Crippen LogP contribution >= 0.6 is 11.3 Å². The van der Waals surface area contributed by atoms with E-state index in [0.29, 0.717) is 5.13 Å². The molecule has 1 atom stereocenters. The Morgan fingerprint density at radius 3 is 3.05 bits per heavy atom. The van der Waals surface area contributed by atoms with Gasteiger partial charge in [-0.05, 0) is 32.6 Å². The van der Waals surface area contributed by atoms with Gasteiger partial charge in [-0.1, -0.05) is 0 Å². The number of amides is 1. The third kappa shape index (κ3) is 2.51. The summed E-state index contributed by atoms with van der Waals surface area (Å²) in [5.41, 5.74) is 1.15. The van der Waals surface area contributed by atoms with E-state index >= 15 is 0 Å². The largest absolute Gasteiger partial charge is 0.300 e. The molecule has 1 N–H and O–H groups in total. The second-order valence-electron chi connectivity index (χ2n) is 4.64. The molecule has 0 radical (unpaired) electrons. The van der Waals surface area contributed by atoms with Crippen molar-refractivity contribution < 1.29 is 4.79 Å². The molecule has 1 amide bonds. The number of rotatable bonds is 3. The molecule has 0 aliphatic heterocycles. The topological polar surface area (TPSA) is 72.7 Å². The first-order chi connectivity index (χ1) is 9.24. The molecule has 0 saturated carbocycles. The Balaban J connectivity index is 1.71. The van der Waals surface area contributed by atoms with Gasteiger partial charge < -0.3 is 5.32 Å². The molecular weight excluding hydrogens is 262 g/mol. The lowest BCUT2D eigenvalue weighted by atomic mass is 10.0. The number of carbonyl (C=O) groups excluding carboxylic acids is 1. The van der Waals surface area contributed by atoms with Crippen molar-refractivity contribution in [1.82, 2.24) is 19.7 Å². The Bertz CT molecular complexity index is 553. The quantitative estimate of drug-likeness (QED) is 0.928. The van der Waals surface area contributed by atoms with E-state index in [1.54, 1.807) is 18.3 Å². The lowest BCUT2D eigenvalue weighted by Gasteiger charge is -2.09. The molecule has 1 aliphatic rings. The van der Waals surface area contributed by atoms with E-state index in [0.717, 1.165) is 18.5 Å². The highest BCUT2D eigenvalue weighted by Gasteiger charge is 2.19. The fourth-order valence-corrected chi connectivity index (χ4v) is 3.21. The van der Waals surface area contributed by atoms with Crippen LogP contribution in [0, 0.1) is 0 Å². The second kappa shape index (κ2) is 5.08. The average Bonchev–Trinajstić information content (AvgIpc) is 3.06. The Labute approximate surface area is 114 Å². The molecule has 0 unspecified atom stereocenters. The summed E-state index contributed by atoms with van der Waals surface area (Å²) in [6.07, 6.45) is 7.49. The first kappa shape index (κ1) is 12.3. The van der Waals surface area contributed by atoms with Crippen LogP contribution in [0.1, 0.15) is 36.4 Å². The van der Waals surface area contributed by atoms with Crippen LogP contribution in [0.25, 0.3) is 0 Å². The highest BCUT2D eigenvalue weighted by molar-refractivity contribution is 7.15. The summed E-state index contributed by atoms with van der Waals surface area (Å²) in [6, 6.07) is -0.386. The highest BCUT2D eigenvalue weighted by atomic mass is 32.1. The van der Waals surface area contributed by atoms with Crippen LogP contribution in [-0.4, -0.2) is 25.7 Å².